The third-order valence-electron chi connectivity index (χ3n) is 5.43. The largest absolute Gasteiger partial charge is 0.352 e. The van der Waals surface area contributed by atoms with E-state index in [1.807, 2.05) is 53.2 Å². The normalized spacial score (nSPS) is 13.9. The molecule has 2 aromatic heterocycles. The fourth-order valence-corrected chi connectivity index (χ4v) is 4.33. The number of amides is 1. The van der Waals surface area contributed by atoms with Crippen molar-refractivity contribution in [2.45, 2.75) is 13.0 Å². The fraction of sp³-hybridized carbons (Fsp3) is 0.250. The summed E-state index contributed by atoms with van der Waals surface area (Å²) in [5.41, 5.74) is 3.83. The maximum atomic E-state index is 12.7. The van der Waals surface area contributed by atoms with Crippen LogP contribution in [-0.2, 0) is 10.7 Å². The highest BCUT2D eigenvalue weighted by atomic mass is 32.2. The Labute approximate surface area is 196 Å². The van der Waals surface area contributed by atoms with Crippen molar-refractivity contribution in [3.63, 3.8) is 0 Å². The van der Waals surface area contributed by atoms with Gasteiger partial charge in [0.2, 0.25) is 0 Å². The number of imidazole rings is 1. The molecule has 1 aliphatic rings. The van der Waals surface area contributed by atoms with Gasteiger partial charge in [-0.05, 0) is 36.7 Å². The minimum absolute atomic E-state index is 0.115. The highest BCUT2D eigenvalue weighted by Gasteiger charge is 2.20. The van der Waals surface area contributed by atoms with Gasteiger partial charge in [0.05, 0.1) is 17.4 Å². The molecule has 8 nitrogen and oxygen atoms in total. The standard InChI is InChI=1S/C24H24N6O2S/c31-24(26-9-4-11-29-12-10-25-16-29)19-7-8-20-21(15-19)28-23(30-13-14-33-32-17-30)22(27-20)18-5-2-1-3-6-18/h1-3,5-8,10,12,15-16H,4,9,11,13-14,17H2,(H,26,31). The zero-order chi connectivity index (χ0) is 22.5. The quantitative estimate of drug-likeness (QED) is 0.332. The van der Waals surface area contributed by atoms with Gasteiger partial charge in [-0.1, -0.05) is 30.3 Å². The third kappa shape index (κ3) is 4.99. The number of anilines is 1. The van der Waals surface area contributed by atoms with Crippen molar-refractivity contribution in [3.05, 3.63) is 72.8 Å². The minimum Gasteiger partial charge on any atom is -0.352 e. The first kappa shape index (κ1) is 21.4. The molecule has 1 aliphatic heterocycles. The van der Waals surface area contributed by atoms with Gasteiger partial charge in [-0.3, -0.25) is 8.98 Å². The number of hydrogen-bond donors (Lipinski definition) is 1. The van der Waals surface area contributed by atoms with Crippen LogP contribution in [0.2, 0.25) is 0 Å². The molecule has 168 valence electrons. The maximum absolute atomic E-state index is 12.7. The van der Waals surface area contributed by atoms with Crippen LogP contribution in [0.3, 0.4) is 0 Å². The summed E-state index contributed by atoms with van der Waals surface area (Å²) in [7, 11) is 0. The molecule has 1 saturated heterocycles. The Balaban J connectivity index is 1.39. The van der Waals surface area contributed by atoms with E-state index in [2.05, 4.69) is 15.2 Å². The minimum atomic E-state index is -0.115. The van der Waals surface area contributed by atoms with Crippen LogP contribution in [0.25, 0.3) is 22.3 Å². The number of hydrogen-bond acceptors (Lipinski definition) is 7. The van der Waals surface area contributed by atoms with Crippen LogP contribution in [0.5, 0.6) is 0 Å². The van der Waals surface area contributed by atoms with Crippen LogP contribution in [0, 0.1) is 0 Å². The second kappa shape index (κ2) is 10.0. The van der Waals surface area contributed by atoms with Gasteiger partial charge in [0.1, 0.15) is 12.4 Å². The predicted molar refractivity (Wildman–Crippen MR) is 130 cm³/mol. The molecule has 1 amide bonds. The van der Waals surface area contributed by atoms with Crippen molar-refractivity contribution < 1.29 is 8.98 Å². The summed E-state index contributed by atoms with van der Waals surface area (Å²) in [5, 5.41) is 2.99. The van der Waals surface area contributed by atoms with Crippen molar-refractivity contribution >= 4 is 34.8 Å². The molecule has 3 heterocycles. The summed E-state index contributed by atoms with van der Waals surface area (Å²) in [6.45, 7) is 2.66. The van der Waals surface area contributed by atoms with Gasteiger partial charge in [0.25, 0.3) is 5.91 Å². The number of aromatic nitrogens is 4. The first-order valence-corrected chi connectivity index (χ1v) is 11.8. The first-order valence-electron chi connectivity index (χ1n) is 10.9. The van der Waals surface area contributed by atoms with Gasteiger partial charge < -0.3 is 14.8 Å². The Morgan fingerprint density at radius 1 is 1.12 bits per heavy atom. The van der Waals surface area contributed by atoms with E-state index in [0.717, 1.165) is 47.9 Å². The van der Waals surface area contributed by atoms with Gasteiger partial charge in [-0.25, -0.2) is 15.0 Å². The number of carbonyl (C=O) groups excluding carboxylic acids is 1. The van der Waals surface area contributed by atoms with E-state index in [1.165, 1.54) is 12.0 Å². The number of nitrogens with zero attached hydrogens (tertiary/aromatic N) is 5. The fourth-order valence-electron chi connectivity index (χ4n) is 3.72. The van der Waals surface area contributed by atoms with E-state index in [-0.39, 0.29) is 5.91 Å². The third-order valence-corrected chi connectivity index (χ3v) is 6.05. The second-order valence-electron chi connectivity index (χ2n) is 7.71. The predicted octanol–water partition coefficient (Wildman–Crippen LogP) is 3.76. The molecule has 0 unspecified atom stereocenters. The molecule has 4 aromatic rings. The number of carbonyl (C=O) groups is 1. The lowest BCUT2D eigenvalue weighted by atomic mass is 10.1. The molecule has 9 heteroatoms. The smallest absolute Gasteiger partial charge is 0.251 e. The lowest BCUT2D eigenvalue weighted by Crippen LogP contribution is -2.32. The number of aryl methyl sites for hydroxylation is 1. The highest BCUT2D eigenvalue weighted by Crippen LogP contribution is 2.31. The van der Waals surface area contributed by atoms with Gasteiger partial charge in [-0.15, -0.1) is 0 Å². The van der Waals surface area contributed by atoms with Crippen LogP contribution >= 0.6 is 12.0 Å². The lowest BCUT2D eigenvalue weighted by Gasteiger charge is -2.28. The molecule has 0 radical (unpaired) electrons. The zero-order valence-corrected chi connectivity index (χ0v) is 18.9. The average molecular weight is 461 g/mol. The molecule has 0 bridgehead atoms. The molecule has 1 N–H and O–H groups in total. The summed E-state index contributed by atoms with van der Waals surface area (Å²) >= 11 is 1.47. The van der Waals surface area contributed by atoms with Crippen molar-refractivity contribution in [2.75, 3.05) is 30.5 Å². The van der Waals surface area contributed by atoms with Crippen molar-refractivity contribution in [1.82, 2.24) is 24.8 Å². The summed E-state index contributed by atoms with van der Waals surface area (Å²) in [6, 6.07) is 15.5. The van der Waals surface area contributed by atoms with E-state index < -0.39 is 0 Å². The molecule has 2 aromatic carbocycles. The van der Waals surface area contributed by atoms with Gasteiger partial charge in [0.15, 0.2) is 5.82 Å². The van der Waals surface area contributed by atoms with Crippen molar-refractivity contribution in [3.8, 4) is 11.3 Å². The van der Waals surface area contributed by atoms with Crippen LogP contribution in [0.4, 0.5) is 5.82 Å². The lowest BCUT2D eigenvalue weighted by molar-refractivity contribution is 0.0953. The van der Waals surface area contributed by atoms with Crippen molar-refractivity contribution in [1.29, 1.82) is 0 Å². The Morgan fingerprint density at radius 2 is 2.03 bits per heavy atom. The van der Waals surface area contributed by atoms with E-state index in [9.17, 15) is 4.79 Å². The molecule has 0 spiro atoms. The van der Waals surface area contributed by atoms with Crippen LogP contribution in [0.15, 0.2) is 67.3 Å². The van der Waals surface area contributed by atoms with Crippen molar-refractivity contribution in [2.24, 2.45) is 0 Å². The average Bonchev–Trinajstić information content (AvgIpc) is 3.40. The molecule has 1 fully saturated rings. The molecule has 0 aliphatic carbocycles. The van der Waals surface area contributed by atoms with Gasteiger partial charge >= 0.3 is 0 Å². The molecule has 5 rings (SSSR count). The second-order valence-corrected chi connectivity index (χ2v) is 8.59. The summed E-state index contributed by atoms with van der Waals surface area (Å²) < 4.78 is 7.58. The molecular formula is C24H24N6O2S. The maximum Gasteiger partial charge on any atom is 0.251 e. The topological polar surface area (TPSA) is 85.2 Å². The van der Waals surface area contributed by atoms with Gasteiger partial charge in [-0.2, -0.15) is 0 Å². The molecule has 0 saturated carbocycles. The zero-order valence-electron chi connectivity index (χ0n) is 18.1. The first-order chi connectivity index (χ1) is 16.3. The molecular weight excluding hydrogens is 436 g/mol. The highest BCUT2D eigenvalue weighted by molar-refractivity contribution is 7.94. The molecule has 33 heavy (non-hydrogen) atoms. The Kier molecular flexibility index (Phi) is 6.50. The van der Waals surface area contributed by atoms with Crippen LogP contribution in [0.1, 0.15) is 16.8 Å². The van der Waals surface area contributed by atoms with E-state index >= 15 is 0 Å². The summed E-state index contributed by atoms with van der Waals surface area (Å²) in [5.74, 6) is 1.51. The number of nitrogens with one attached hydrogen (secondary N) is 1. The van der Waals surface area contributed by atoms with E-state index in [0.29, 0.717) is 24.4 Å². The van der Waals surface area contributed by atoms with Crippen LogP contribution < -0.4 is 10.2 Å². The van der Waals surface area contributed by atoms with E-state index in [4.69, 9.17) is 14.2 Å². The Morgan fingerprint density at radius 3 is 2.82 bits per heavy atom. The Bertz CT molecular complexity index is 1230. The van der Waals surface area contributed by atoms with Gasteiger partial charge in [0, 0.05) is 48.9 Å². The SMILES string of the molecule is O=C(NCCCn1ccnc1)c1ccc2nc(-c3ccccc3)c(N3CCSOC3)nc2c1. The summed E-state index contributed by atoms with van der Waals surface area (Å²) in [4.78, 5) is 28.7. The number of fused-ring (bicyclic) bond motifs is 1. The Hall–Kier alpha value is -3.43. The van der Waals surface area contributed by atoms with E-state index in [1.54, 1.807) is 18.6 Å². The number of benzene rings is 2. The summed E-state index contributed by atoms with van der Waals surface area (Å²) in [6.07, 6.45) is 6.27. The molecule has 0 atom stereocenters. The monoisotopic (exact) mass is 460 g/mol. The number of rotatable bonds is 7. The van der Waals surface area contributed by atoms with Crippen LogP contribution in [-0.4, -0.2) is 51.0 Å².